The van der Waals surface area contributed by atoms with Gasteiger partial charge in [0.2, 0.25) is 0 Å². The summed E-state index contributed by atoms with van der Waals surface area (Å²) in [5.41, 5.74) is 1.62. The van der Waals surface area contributed by atoms with Crippen LogP contribution in [0.2, 0.25) is 0 Å². The van der Waals surface area contributed by atoms with Gasteiger partial charge in [0.15, 0.2) is 0 Å². The van der Waals surface area contributed by atoms with Crippen LogP contribution in [0.25, 0.3) is 0 Å². The number of fused-ring (bicyclic) bond motifs is 1. The molecular formula is C22H21N3O4. The normalized spacial score (nSPS) is 16.7. The molecule has 2 heterocycles. The largest absolute Gasteiger partial charge is 0.349 e. The Hall–Kier alpha value is -3.48. The third-order valence-electron chi connectivity index (χ3n) is 5.49. The molecule has 148 valence electrons. The molecule has 0 radical (unpaired) electrons. The van der Waals surface area contributed by atoms with Crippen LogP contribution in [0.1, 0.15) is 54.3 Å². The van der Waals surface area contributed by atoms with Crippen molar-refractivity contribution in [2.45, 2.75) is 18.9 Å². The lowest BCUT2D eigenvalue weighted by molar-refractivity contribution is 0.0685. The molecule has 4 amide bonds. The van der Waals surface area contributed by atoms with E-state index in [0.717, 1.165) is 4.90 Å². The Labute approximate surface area is 168 Å². The van der Waals surface area contributed by atoms with Gasteiger partial charge in [0.25, 0.3) is 23.6 Å². The van der Waals surface area contributed by atoms with Crippen molar-refractivity contribution >= 4 is 23.6 Å². The zero-order chi connectivity index (χ0) is 20.5. The van der Waals surface area contributed by atoms with Crippen molar-refractivity contribution in [3.8, 4) is 0 Å². The summed E-state index contributed by atoms with van der Waals surface area (Å²) in [6.07, 6.45) is 1.32. The Morgan fingerprint density at radius 1 is 0.897 bits per heavy atom. The molecule has 0 unspecified atom stereocenters. The highest BCUT2D eigenvalue weighted by molar-refractivity contribution is 6.21. The predicted molar refractivity (Wildman–Crippen MR) is 106 cm³/mol. The Morgan fingerprint density at radius 3 is 2.24 bits per heavy atom. The van der Waals surface area contributed by atoms with Crippen LogP contribution in [0.15, 0.2) is 48.5 Å². The molecule has 1 N–H and O–H groups in total. The van der Waals surface area contributed by atoms with E-state index in [1.807, 2.05) is 18.2 Å². The van der Waals surface area contributed by atoms with Crippen molar-refractivity contribution in [2.24, 2.45) is 0 Å². The highest BCUT2D eigenvalue weighted by atomic mass is 16.2. The lowest BCUT2D eigenvalue weighted by atomic mass is 10.0. The van der Waals surface area contributed by atoms with E-state index < -0.39 is 0 Å². The molecule has 29 heavy (non-hydrogen) atoms. The number of nitrogens with zero attached hydrogens (tertiary/aromatic N) is 2. The number of likely N-dealkylation sites (tertiary alicyclic amines) is 1. The van der Waals surface area contributed by atoms with E-state index in [4.69, 9.17) is 0 Å². The molecule has 0 saturated carbocycles. The Bertz CT molecular complexity index is 994. The van der Waals surface area contributed by atoms with Gasteiger partial charge in [0.1, 0.15) is 0 Å². The molecule has 2 aliphatic heterocycles. The van der Waals surface area contributed by atoms with Crippen LogP contribution in [-0.2, 0) is 0 Å². The maximum absolute atomic E-state index is 12.8. The molecule has 0 bridgehead atoms. The molecule has 1 fully saturated rings. The first-order valence-corrected chi connectivity index (χ1v) is 9.57. The van der Waals surface area contributed by atoms with Gasteiger partial charge in [-0.05, 0) is 43.2 Å². The zero-order valence-corrected chi connectivity index (χ0v) is 16.1. The summed E-state index contributed by atoms with van der Waals surface area (Å²) in [5.74, 6) is -1.02. The average Bonchev–Trinajstić information content (AvgIpc) is 2.98. The van der Waals surface area contributed by atoms with Gasteiger partial charge in [0, 0.05) is 37.3 Å². The summed E-state index contributed by atoms with van der Waals surface area (Å²) in [5, 5.41) is 3.02. The van der Waals surface area contributed by atoms with Gasteiger partial charge < -0.3 is 10.2 Å². The van der Waals surface area contributed by atoms with E-state index in [1.165, 1.54) is 13.1 Å². The van der Waals surface area contributed by atoms with Crippen LogP contribution in [0.5, 0.6) is 0 Å². The SMILES string of the molecule is CN1C(=O)c2ccc(C(=O)N3CCC(NC(=O)c4ccccc4)CC3)cc2C1=O. The van der Waals surface area contributed by atoms with E-state index in [2.05, 4.69) is 5.32 Å². The van der Waals surface area contributed by atoms with E-state index in [-0.39, 0.29) is 35.2 Å². The molecule has 2 aromatic carbocycles. The minimum absolute atomic E-state index is 0.0135. The van der Waals surface area contributed by atoms with Crippen molar-refractivity contribution in [1.29, 1.82) is 0 Å². The monoisotopic (exact) mass is 391 g/mol. The van der Waals surface area contributed by atoms with Crippen molar-refractivity contribution in [3.05, 3.63) is 70.8 Å². The minimum atomic E-state index is -0.387. The van der Waals surface area contributed by atoms with Crippen molar-refractivity contribution in [1.82, 2.24) is 15.1 Å². The summed E-state index contributed by atoms with van der Waals surface area (Å²) in [6.45, 7) is 1.03. The van der Waals surface area contributed by atoms with E-state index in [9.17, 15) is 19.2 Å². The van der Waals surface area contributed by atoms with Crippen molar-refractivity contribution in [3.63, 3.8) is 0 Å². The Morgan fingerprint density at radius 2 is 1.55 bits per heavy atom. The molecule has 0 aliphatic carbocycles. The van der Waals surface area contributed by atoms with Crippen LogP contribution >= 0.6 is 0 Å². The molecule has 1 saturated heterocycles. The highest BCUT2D eigenvalue weighted by Gasteiger charge is 2.34. The van der Waals surface area contributed by atoms with Gasteiger partial charge in [-0.1, -0.05) is 18.2 Å². The smallest absolute Gasteiger partial charge is 0.261 e. The third kappa shape index (κ3) is 3.51. The molecule has 0 aromatic heterocycles. The predicted octanol–water partition coefficient (Wildman–Crippen LogP) is 1.95. The molecule has 2 aromatic rings. The molecule has 2 aliphatic rings. The second-order valence-corrected chi connectivity index (χ2v) is 7.34. The number of carbonyl (C=O) groups excluding carboxylic acids is 4. The van der Waals surface area contributed by atoms with Crippen LogP contribution in [0, 0.1) is 0 Å². The van der Waals surface area contributed by atoms with E-state index in [1.54, 1.807) is 29.2 Å². The lowest BCUT2D eigenvalue weighted by Crippen LogP contribution is -2.46. The second-order valence-electron chi connectivity index (χ2n) is 7.34. The summed E-state index contributed by atoms with van der Waals surface area (Å²) in [6, 6.07) is 13.7. The fourth-order valence-corrected chi connectivity index (χ4v) is 3.76. The van der Waals surface area contributed by atoms with E-state index in [0.29, 0.717) is 42.6 Å². The number of hydrogen-bond donors (Lipinski definition) is 1. The molecule has 0 atom stereocenters. The first-order valence-electron chi connectivity index (χ1n) is 9.57. The minimum Gasteiger partial charge on any atom is -0.349 e. The molecule has 4 rings (SSSR count). The quantitative estimate of drug-likeness (QED) is 0.811. The number of hydrogen-bond acceptors (Lipinski definition) is 4. The number of benzene rings is 2. The fourth-order valence-electron chi connectivity index (χ4n) is 3.76. The van der Waals surface area contributed by atoms with Gasteiger partial charge in [-0.3, -0.25) is 24.1 Å². The fraction of sp³-hybridized carbons (Fsp3) is 0.273. The molecular weight excluding hydrogens is 370 g/mol. The van der Waals surface area contributed by atoms with Gasteiger partial charge in [-0.2, -0.15) is 0 Å². The first kappa shape index (κ1) is 18.9. The first-order chi connectivity index (χ1) is 14.0. The van der Waals surface area contributed by atoms with Crippen LogP contribution in [0.3, 0.4) is 0 Å². The summed E-state index contributed by atoms with van der Waals surface area (Å²) >= 11 is 0. The van der Waals surface area contributed by atoms with Gasteiger partial charge in [-0.15, -0.1) is 0 Å². The van der Waals surface area contributed by atoms with Crippen LogP contribution in [-0.4, -0.2) is 59.6 Å². The van der Waals surface area contributed by atoms with E-state index >= 15 is 0 Å². The topological polar surface area (TPSA) is 86.8 Å². The van der Waals surface area contributed by atoms with Gasteiger partial charge in [-0.25, -0.2) is 0 Å². The molecule has 0 spiro atoms. The number of amides is 4. The average molecular weight is 391 g/mol. The number of imide groups is 1. The standard InChI is InChI=1S/C22H21N3O4/c1-24-21(28)17-8-7-15(13-18(17)22(24)29)20(27)25-11-9-16(10-12-25)23-19(26)14-5-3-2-4-6-14/h2-8,13,16H,9-12H2,1H3,(H,23,26). The molecule has 7 heteroatoms. The summed E-state index contributed by atoms with van der Waals surface area (Å²) < 4.78 is 0. The Kier molecular flexibility index (Phi) is 4.88. The third-order valence-corrected chi connectivity index (χ3v) is 5.49. The van der Waals surface area contributed by atoms with Crippen molar-refractivity contribution in [2.75, 3.05) is 20.1 Å². The second kappa shape index (κ2) is 7.50. The molecule has 7 nitrogen and oxygen atoms in total. The zero-order valence-electron chi connectivity index (χ0n) is 16.1. The highest BCUT2D eigenvalue weighted by Crippen LogP contribution is 2.24. The Balaban J connectivity index is 1.38. The number of nitrogens with one attached hydrogen (secondary N) is 1. The van der Waals surface area contributed by atoms with Gasteiger partial charge in [0.05, 0.1) is 11.1 Å². The van der Waals surface area contributed by atoms with Crippen LogP contribution in [0.4, 0.5) is 0 Å². The summed E-state index contributed by atoms with van der Waals surface area (Å²) in [4.78, 5) is 52.1. The number of piperidine rings is 1. The van der Waals surface area contributed by atoms with Crippen LogP contribution < -0.4 is 5.32 Å². The number of carbonyl (C=O) groups is 4. The maximum atomic E-state index is 12.8. The summed E-state index contributed by atoms with van der Waals surface area (Å²) in [7, 11) is 1.43. The number of rotatable bonds is 3. The lowest BCUT2D eigenvalue weighted by Gasteiger charge is -2.32. The van der Waals surface area contributed by atoms with Gasteiger partial charge >= 0.3 is 0 Å². The van der Waals surface area contributed by atoms with Crippen molar-refractivity contribution < 1.29 is 19.2 Å². The maximum Gasteiger partial charge on any atom is 0.261 e.